The molecule has 12 N–H and O–H groups in total. The van der Waals surface area contributed by atoms with E-state index in [1.807, 2.05) is 0 Å². The third kappa shape index (κ3) is 3.79. The number of rotatable bonds is 4. The molecule has 0 aliphatic carbocycles. The average molecular weight is 446 g/mol. The second kappa shape index (κ2) is 7.97. The Hall–Kier alpha value is -4.92. The number of aromatic hydroxyl groups is 4. The highest BCUT2D eigenvalue weighted by Gasteiger charge is 2.22. The largest absolute Gasteiger partial charge is 0.506 e. The highest BCUT2D eigenvalue weighted by molar-refractivity contribution is 5.84. The van der Waals surface area contributed by atoms with Crippen LogP contribution in [-0.4, -0.2) is 20.4 Å². The quantitative estimate of drug-likeness (QED) is 0.169. The van der Waals surface area contributed by atoms with Crippen LogP contribution in [0.1, 0.15) is 0 Å². The molecule has 9 nitrogen and oxygen atoms in total. The lowest BCUT2D eigenvalue weighted by molar-refractivity contribution is 0.389. The zero-order valence-electron chi connectivity index (χ0n) is 17.3. The van der Waals surface area contributed by atoms with Crippen LogP contribution in [0, 0.1) is 0 Å². The summed E-state index contributed by atoms with van der Waals surface area (Å²) in [5, 5.41) is 41.5. The number of anilines is 4. The fraction of sp³-hybridized carbons (Fsp3) is 0. The third-order valence-corrected chi connectivity index (χ3v) is 5.21. The van der Waals surface area contributed by atoms with E-state index in [9.17, 15) is 20.4 Å². The predicted molar refractivity (Wildman–Crippen MR) is 128 cm³/mol. The Morgan fingerprint density at radius 1 is 0.485 bits per heavy atom. The van der Waals surface area contributed by atoms with E-state index in [4.69, 9.17) is 27.7 Å². The summed E-state index contributed by atoms with van der Waals surface area (Å²) in [6.45, 7) is 0. The van der Waals surface area contributed by atoms with Gasteiger partial charge in [0.2, 0.25) is 0 Å². The van der Waals surface area contributed by atoms with Crippen molar-refractivity contribution < 1.29 is 25.2 Å². The second-order valence-electron chi connectivity index (χ2n) is 7.41. The van der Waals surface area contributed by atoms with Crippen molar-refractivity contribution in [2.75, 3.05) is 22.9 Å². The number of phenolic OH excluding ortho intramolecular Hbond substituents is 4. The molecule has 0 spiro atoms. The summed E-state index contributed by atoms with van der Waals surface area (Å²) in [7, 11) is 0. The maximum Gasteiger partial charge on any atom is 0.182 e. The van der Waals surface area contributed by atoms with E-state index >= 15 is 0 Å². The molecule has 0 heterocycles. The molecule has 0 unspecified atom stereocenters. The smallest absolute Gasteiger partial charge is 0.182 e. The Bertz CT molecular complexity index is 1280. The van der Waals surface area contributed by atoms with Gasteiger partial charge in [0.1, 0.15) is 11.5 Å². The topological polar surface area (TPSA) is 194 Å². The monoisotopic (exact) mass is 446 g/mol. The summed E-state index contributed by atoms with van der Waals surface area (Å²) in [5.41, 5.74) is 25.3. The zero-order chi connectivity index (χ0) is 23.9. The van der Waals surface area contributed by atoms with Gasteiger partial charge in [-0.15, -0.1) is 0 Å². The normalized spacial score (nSPS) is 10.8. The molecule has 0 saturated carbocycles. The van der Waals surface area contributed by atoms with E-state index in [1.54, 1.807) is 24.3 Å². The predicted octanol–water partition coefficient (Wildman–Crippen LogP) is 3.96. The maximum absolute atomic E-state index is 10.7. The minimum atomic E-state index is -0.378. The number of benzene rings is 4. The molecule has 168 valence electrons. The van der Waals surface area contributed by atoms with E-state index in [0.717, 1.165) is 0 Å². The molecule has 9 heteroatoms. The minimum Gasteiger partial charge on any atom is -0.506 e. The third-order valence-electron chi connectivity index (χ3n) is 5.21. The van der Waals surface area contributed by atoms with Crippen molar-refractivity contribution in [2.45, 2.75) is 0 Å². The molecule has 0 aliphatic heterocycles. The zero-order valence-corrected chi connectivity index (χ0v) is 17.3. The number of nitrogen functional groups attached to an aromatic ring is 4. The molecule has 0 bridgehead atoms. The van der Waals surface area contributed by atoms with E-state index in [2.05, 4.69) is 0 Å². The van der Waals surface area contributed by atoms with Gasteiger partial charge in [0.25, 0.3) is 0 Å². The molecule has 4 rings (SSSR count). The summed E-state index contributed by atoms with van der Waals surface area (Å²) in [4.78, 5) is 0. The first kappa shape index (κ1) is 21.3. The van der Waals surface area contributed by atoms with Gasteiger partial charge in [0.05, 0.1) is 22.7 Å². The summed E-state index contributed by atoms with van der Waals surface area (Å²) in [5.74, 6) is -1.23. The molecule has 0 amide bonds. The van der Waals surface area contributed by atoms with Gasteiger partial charge in [-0.1, -0.05) is 12.1 Å². The highest BCUT2D eigenvalue weighted by Crippen LogP contribution is 2.50. The summed E-state index contributed by atoms with van der Waals surface area (Å²) >= 11 is 0. The van der Waals surface area contributed by atoms with Crippen molar-refractivity contribution in [3.05, 3.63) is 60.7 Å². The van der Waals surface area contributed by atoms with Crippen LogP contribution >= 0.6 is 0 Å². The van der Waals surface area contributed by atoms with Gasteiger partial charge in [-0.05, 0) is 59.7 Å². The first-order chi connectivity index (χ1) is 15.7. The first-order valence-corrected chi connectivity index (χ1v) is 9.75. The average Bonchev–Trinajstić information content (AvgIpc) is 2.78. The molecule has 0 aliphatic rings. The Labute approximate surface area is 188 Å². The van der Waals surface area contributed by atoms with Crippen molar-refractivity contribution in [1.82, 2.24) is 0 Å². The fourth-order valence-corrected chi connectivity index (χ4v) is 3.36. The summed E-state index contributed by atoms with van der Waals surface area (Å²) < 4.78 is 6.03. The maximum atomic E-state index is 10.7. The van der Waals surface area contributed by atoms with E-state index < -0.39 is 0 Å². The van der Waals surface area contributed by atoms with Gasteiger partial charge >= 0.3 is 0 Å². The lowest BCUT2D eigenvalue weighted by Crippen LogP contribution is -1.97. The molecule has 0 aromatic heterocycles. The van der Waals surface area contributed by atoms with Crippen LogP contribution < -0.4 is 27.7 Å². The van der Waals surface area contributed by atoms with Crippen LogP contribution in [0.15, 0.2) is 60.7 Å². The molecular weight excluding hydrogens is 424 g/mol. The Kier molecular flexibility index (Phi) is 5.15. The van der Waals surface area contributed by atoms with Crippen LogP contribution in [0.5, 0.6) is 34.5 Å². The van der Waals surface area contributed by atoms with Crippen molar-refractivity contribution in [3.8, 4) is 56.8 Å². The van der Waals surface area contributed by atoms with Crippen molar-refractivity contribution >= 4 is 22.7 Å². The Morgan fingerprint density at radius 3 is 1.21 bits per heavy atom. The first-order valence-electron chi connectivity index (χ1n) is 9.75. The molecular formula is C24H22N4O5. The number of nitrogens with two attached hydrogens (primary N) is 4. The van der Waals surface area contributed by atoms with Crippen molar-refractivity contribution in [1.29, 1.82) is 0 Å². The molecule has 4 aromatic rings. The van der Waals surface area contributed by atoms with Crippen LogP contribution in [-0.2, 0) is 0 Å². The van der Waals surface area contributed by atoms with E-state index in [0.29, 0.717) is 22.3 Å². The highest BCUT2D eigenvalue weighted by atomic mass is 16.5. The number of hydrogen-bond acceptors (Lipinski definition) is 9. The molecule has 0 atom stereocenters. The standard InChI is InChI=1S/C24H22N4O5/c25-15-5-1-11(9-19(15)29)13-3-7-17(27)21(31)23(13)33-24-14(4-8-18(28)22(24)32)12-2-6-16(26)20(30)10-12/h1-10,29-32H,25-28H2. The second-order valence-corrected chi connectivity index (χ2v) is 7.41. The van der Waals surface area contributed by atoms with Gasteiger partial charge in [-0.25, -0.2) is 0 Å². The number of hydrogen-bond donors (Lipinski definition) is 8. The van der Waals surface area contributed by atoms with Crippen molar-refractivity contribution in [2.24, 2.45) is 0 Å². The van der Waals surface area contributed by atoms with Gasteiger partial charge in [0.15, 0.2) is 23.0 Å². The lowest BCUT2D eigenvalue weighted by atomic mass is 10.0. The van der Waals surface area contributed by atoms with E-state index in [1.165, 1.54) is 36.4 Å². The number of phenols is 4. The van der Waals surface area contributed by atoms with Crippen LogP contribution in [0.4, 0.5) is 22.7 Å². The van der Waals surface area contributed by atoms with Crippen LogP contribution in [0.2, 0.25) is 0 Å². The van der Waals surface area contributed by atoms with Gasteiger partial charge < -0.3 is 48.1 Å². The Morgan fingerprint density at radius 2 is 0.848 bits per heavy atom. The molecule has 4 aromatic carbocycles. The lowest BCUT2D eigenvalue weighted by Gasteiger charge is -2.19. The summed E-state index contributed by atoms with van der Waals surface area (Å²) in [6, 6.07) is 15.2. The molecule has 0 radical (unpaired) electrons. The molecule has 0 saturated heterocycles. The summed E-state index contributed by atoms with van der Waals surface area (Å²) in [6.07, 6.45) is 0. The Balaban J connectivity index is 1.92. The minimum absolute atomic E-state index is 0.0310. The van der Waals surface area contributed by atoms with Crippen molar-refractivity contribution in [3.63, 3.8) is 0 Å². The molecule has 0 fully saturated rings. The SMILES string of the molecule is Nc1ccc(-c2ccc(N)c(O)c2Oc2c(-c3ccc(N)c(O)c3)ccc(N)c2O)cc1O. The molecule has 33 heavy (non-hydrogen) atoms. The van der Waals surface area contributed by atoms with Gasteiger partial charge in [-0.2, -0.15) is 0 Å². The van der Waals surface area contributed by atoms with Crippen LogP contribution in [0.3, 0.4) is 0 Å². The van der Waals surface area contributed by atoms with E-state index in [-0.39, 0.29) is 57.2 Å². The van der Waals surface area contributed by atoms with Crippen LogP contribution in [0.25, 0.3) is 22.3 Å². The number of ether oxygens (including phenoxy) is 1. The van der Waals surface area contributed by atoms with Gasteiger partial charge in [-0.3, -0.25) is 0 Å². The fourth-order valence-electron chi connectivity index (χ4n) is 3.36. The van der Waals surface area contributed by atoms with Gasteiger partial charge in [0, 0.05) is 11.1 Å².